The summed E-state index contributed by atoms with van der Waals surface area (Å²) in [6, 6.07) is 5.21. The second-order valence-electron chi connectivity index (χ2n) is 4.91. The van der Waals surface area contributed by atoms with Gasteiger partial charge in [0.25, 0.3) is 0 Å². The van der Waals surface area contributed by atoms with Gasteiger partial charge in [0.1, 0.15) is 11.3 Å². The highest BCUT2D eigenvalue weighted by Gasteiger charge is 2.13. The van der Waals surface area contributed by atoms with Crippen LogP contribution in [0.15, 0.2) is 30.7 Å². The average Bonchev–Trinajstić information content (AvgIpc) is 2.86. The third kappa shape index (κ3) is 2.11. The number of rotatable bonds is 2. The van der Waals surface area contributed by atoms with E-state index in [-0.39, 0.29) is 11.9 Å². The molecule has 0 aliphatic heterocycles. The Kier molecular flexibility index (Phi) is 3.29. The van der Waals surface area contributed by atoms with Gasteiger partial charge in [-0.1, -0.05) is 12.1 Å². The molecule has 0 fully saturated rings. The highest BCUT2D eigenvalue weighted by molar-refractivity contribution is 6.32. The van der Waals surface area contributed by atoms with Gasteiger partial charge < -0.3 is 4.57 Å². The summed E-state index contributed by atoms with van der Waals surface area (Å²) < 4.78 is 15.9. The fraction of sp³-hybridized carbons (Fsp3) is 0.214. The van der Waals surface area contributed by atoms with Gasteiger partial charge in [-0.25, -0.2) is 9.37 Å². The Bertz CT molecular complexity index is 782. The van der Waals surface area contributed by atoms with Crippen molar-refractivity contribution in [3.8, 4) is 11.1 Å². The van der Waals surface area contributed by atoms with Crippen molar-refractivity contribution in [2.75, 3.05) is 0 Å². The lowest BCUT2D eigenvalue weighted by Crippen LogP contribution is -2.08. The molecule has 98 valence electrons. The van der Waals surface area contributed by atoms with Crippen molar-refractivity contribution in [3.63, 3.8) is 0 Å². The van der Waals surface area contributed by atoms with E-state index in [1.165, 1.54) is 6.07 Å². The zero-order valence-electron chi connectivity index (χ0n) is 11.2. The molecule has 2 aromatic heterocycles. The molecule has 0 N–H and O–H groups in total. The number of fused-ring (bicyclic) bond motifs is 1. The Labute approximate surface area is 124 Å². The van der Waals surface area contributed by atoms with Crippen LogP contribution in [-0.4, -0.2) is 36.0 Å². The van der Waals surface area contributed by atoms with E-state index in [0.717, 1.165) is 22.3 Å². The number of aromatic nitrogens is 4. The van der Waals surface area contributed by atoms with Gasteiger partial charge in [-0.05, 0) is 25.5 Å². The van der Waals surface area contributed by atoms with Crippen molar-refractivity contribution >= 4 is 31.9 Å². The Morgan fingerprint density at radius 1 is 1.30 bits per heavy atom. The van der Waals surface area contributed by atoms with E-state index in [4.69, 9.17) is 0 Å². The molecular weight excluding hydrogens is 270 g/mol. The number of imidazole rings is 1. The molecule has 0 atom stereocenters. The molecule has 4 nitrogen and oxygen atoms in total. The minimum absolute atomic E-state index is 0.246. The van der Waals surface area contributed by atoms with Crippen LogP contribution < -0.4 is 4.43 Å². The molecule has 2 radical (unpaired) electrons. The molecule has 6 heteroatoms. The van der Waals surface area contributed by atoms with Crippen LogP contribution in [0.4, 0.5) is 4.39 Å². The van der Waals surface area contributed by atoms with Crippen molar-refractivity contribution in [1.82, 2.24) is 19.7 Å². The molecule has 3 rings (SSSR count). The Morgan fingerprint density at radius 2 is 2.10 bits per heavy atom. The number of nitrogens with zero attached hydrogens (tertiary/aromatic N) is 4. The summed E-state index contributed by atoms with van der Waals surface area (Å²) in [5.74, 6) is -0.246. The van der Waals surface area contributed by atoms with Crippen LogP contribution >= 0.6 is 0 Å². The summed E-state index contributed by atoms with van der Waals surface area (Å²) in [5, 5.41) is 8.20. The standard InChI is InChI=1S/C14H12FN4.Al/c1-9(2)19-8-16-13-12(7-17-18-14(13)19)10-3-5-11(15)6-4-10;/h3-5,7-9H,1-2H3;. The third-order valence-electron chi connectivity index (χ3n) is 3.23. The first kappa shape index (κ1) is 13.2. The fourth-order valence-electron chi connectivity index (χ4n) is 2.15. The topological polar surface area (TPSA) is 43.6 Å². The molecular formula is C14H12AlFN4. The molecule has 0 saturated carbocycles. The lowest BCUT2D eigenvalue weighted by atomic mass is 10.1. The van der Waals surface area contributed by atoms with E-state index >= 15 is 0 Å². The molecule has 20 heavy (non-hydrogen) atoms. The molecule has 0 amide bonds. The zero-order valence-corrected chi connectivity index (χ0v) is 12.4. The Morgan fingerprint density at radius 3 is 2.80 bits per heavy atom. The Hall–Kier alpha value is -1.77. The maximum Gasteiger partial charge on any atom is 0.183 e. The predicted octanol–water partition coefficient (Wildman–Crippen LogP) is 2.01. The largest absolute Gasteiger partial charge is 0.311 e. The van der Waals surface area contributed by atoms with Gasteiger partial charge in [0.05, 0.1) is 12.5 Å². The van der Waals surface area contributed by atoms with Crippen molar-refractivity contribution in [3.05, 3.63) is 36.5 Å². The summed E-state index contributed by atoms with van der Waals surface area (Å²) in [7, 11) is 0. The second kappa shape index (κ2) is 4.97. The SMILES string of the molecule is CC(C)n1cnc2c(-c3ccc(F)[c]([Al])c3)cnnc21. The van der Waals surface area contributed by atoms with Crippen LogP contribution in [0.1, 0.15) is 19.9 Å². The summed E-state index contributed by atoms with van der Waals surface area (Å²) in [6.07, 6.45) is 3.43. The predicted molar refractivity (Wildman–Crippen MR) is 76.5 cm³/mol. The van der Waals surface area contributed by atoms with E-state index < -0.39 is 0 Å². The smallest absolute Gasteiger partial charge is 0.183 e. The summed E-state index contributed by atoms with van der Waals surface area (Å²) >= 11 is 2.39. The van der Waals surface area contributed by atoms with Gasteiger partial charge in [-0.15, -0.1) is 9.52 Å². The fourth-order valence-corrected chi connectivity index (χ4v) is 2.42. The normalized spacial score (nSPS) is 11.4. The average molecular weight is 282 g/mol. The second-order valence-corrected chi connectivity index (χ2v) is 5.53. The maximum absolute atomic E-state index is 13.4. The minimum Gasteiger partial charge on any atom is -0.311 e. The van der Waals surface area contributed by atoms with Crippen molar-refractivity contribution < 1.29 is 4.39 Å². The molecule has 0 aliphatic rings. The van der Waals surface area contributed by atoms with Gasteiger partial charge in [0.15, 0.2) is 21.9 Å². The summed E-state index contributed by atoms with van der Waals surface area (Å²) in [5.41, 5.74) is 3.26. The van der Waals surface area contributed by atoms with Crippen LogP contribution in [0.5, 0.6) is 0 Å². The highest BCUT2D eigenvalue weighted by Crippen LogP contribution is 2.26. The van der Waals surface area contributed by atoms with Gasteiger partial charge >= 0.3 is 0 Å². The summed E-state index contributed by atoms with van der Waals surface area (Å²) in [6.45, 7) is 4.13. The first-order chi connectivity index (χ1) is 9.58. The van der Waals surface area contributed by atoms with E-state index in [0.29, 0.717) is 4.43 Å². The van der Waals surface area contributed by atoms with Crippen molar-refractivity contribution in [1.29, 1.82) is 0 Å². The molecule has 3 aromatic rings. The van der Waals surface area contributed by atoms with Gasteiger partial charge in [0, 0.05) is 11.6 Å². The number of benzene rings is 1. The van der Waals surface area contributed by atoms with Crippen molar-refractivity contribution in [2.24, 2.45) is 0 Å². The van der Waals surface area contributed by atoms with E-state index in [1.807, 2.05) is 4.57 Å². The number of halogens is 1. The first-order valence-corrected chi connectivity index (χ1v) is 6.89. The van der Waals surface area contributed by atoms with E-state index in [1.54, 1.807) is 24.7 Å². The van der Waals surface area contributed by atoms with Gasteiger partial charge in [-0.2, -0.15) is 5.10 Å². The summed E-state index contributed by atoms with van der Waals surface area (Å²) in [4.78, 5) is 4.43. The zero-order chi connectivity index (χ0) is 14.3. The lowest BCUT2D eigenvalue weighted by molar-refractivity contribution is 0.610. The Balaban J connectivity index is 2.23. The quantitative estimate of drug-likeness (QED) is 0.675. The van der Waals surface area contributed by atoms with Crippen LogP contribution in [0, 0.1) is 5.82 Å². The number of hydrogen-bond donors (Lipinski definition) is 0. The van der Waals surface area contributed by atoms with Crippen LogP contribution in [0.2, 0.25) is 0 Å². The lowest BCUT2D eigenvalue weighted by Gasteiger charge is -2.08. The number of hydrogen-bond acceptors (Lipinski definition) is 3. The molecule has 0 saturated heterocycles. The minimum atomic E-state index is -0.246. The van der Waals surface area contributed by atoms with Gasteiger partial charge in [-0.3, -0.25) is 0 Å². The van der Waals surface area contributed by atoms with Crippen molar-refractivity contribution in [2.45, 2.75) is 19.9 Å². The highest BCUT2D eigenvalue weighted by atomic mass is 27.0. The first-order valence-electron chi connectivity index (χ1n) is 6.31. The molecule has 0 bridgehead atoms. The van der Waals surface area contributed by atoms with Gasteiger partial charge in [0.2, 0.25) is 0 Å². The molecule has 0 spiro atoms. The molecule has 0 aliphatic carbocycles. The van der Waals surface area contributed by atoms with E-state index in [2.05, 4.69) is 45.3 Å². The maximum atomic E-state index is 13.4. The third-order valence-corrected chi connectivity index (χ3v) is 3.67. The molecule has 0 unspecified atom stereocenters. The molecule has 1 aromatic carbocycles. The van der Waals surface area contributed by atoms with Crippen LogP contribution in [0.3, 0.4) is 0 Å². The van der Waals surface area contributed by atoms with Crippen LogP contribution in [-0.2, 0) is 0 Å². The monoisotopic (exact) mass is 282 g/mol. The van der Waals surface area contributed by atoms with Crippen LogP contribution in [0.25, 0.3) is 22.3 Å². The molecule has 2 heterocycles. The van der Waals surface area contributed by atoms with E-state index in [9.17, 15) is 4.39 Å².